The zero-order chi connectivity index (χ0) is 11.7. The first-order valence-electron chi connectivity index (χ1n) is 5.09. The van der Waals surface area contributed by atoms with Crippen molar-refractivity contribution in [2.24, 2.45) is 5.41 Å². The molecular weight excluding hydrogens is 188 g/mol. The monoisotopic (exact) mass is 206 g/mol. The summed E-state index contributed by atoms with van der Waals surface area (Å²) in [6.45, 7) is 6.54. The standard InChI is InChI=1S/C12H18N2O/c1-12(2,3)8-5-4-7-11(15)14-10-6-9-13/h4,6-7,10H2,1-3H3,(H,14,15). The van der Waals surface area contributed by atoms with Crippen molar-refractivity contribution in [2.45, 2.75) is 40.0 Å². The molecule has 0 saturated heterocycles. The van der Waals surface area contributed by atoms with Gasteiger partial charge in [-0.3, -0.25) is 4.79 Å². The van der Waals surface area contributed by atoms with Crippen LogP contribution in [0, 0.1) is 28.6 Å². The van der Waals surface area contributed by atoms with Gasteiger partial charge in [0.25, 0.3) is 0 Å². The van der Waals surface area contributed by atoms with Gasteiger partial charge in [0.2, 0.25) is 5.91 Å². The van der Waals surface area contributed by atoms with Crippen molar-refractivity contribution in [1.82, 2.24) is 5.32 Å². The molecule has 0 radical (unpaired) electrons. The molecule has 0 aliphatic heterocycles. The highest BCUT2D eigenvalue weighted by atomic mass is 16.1. The van der Waals surface area contributed by atoms with Gasteiger partial charge in [0.15, 0.2) is 0 Å². The van der Waals surface area contributed by atoms with Crippen LogP contribution in [0.2, 0.25) is 0 Å². The molecule has 0 atom stereocenters. The van der Waals surface area contributed by atoms with E-state index in [-0.39, 0.29) is 11.3 Å². The van der Waals surface area contributed by atoms with Crippen LogP contribution < -0.4 is 5.32 Å². The van der Waals surface area contributed by atoms with Gasteiger partial charge in [0.1, 0.15) is 0 Å². The van der Waals surface area contributed by atoms with E-state index in [9.17, 15) is 4.79 Å². The maximum absolute atomic E-state index is 11.2. The first-order valence-corrected chi connectivity index (χ1v) is 5.09. The summed E-state index contributed by atoms with van der Waals surface area (Å²) < 4.78 is 0. The fourth-order valence-electron chi connectivity index (χ4n) is 0.850. The van der Waals surface area contributed by atoms with E-state index < -0.39 is 0 Å². The van der Waals surface area contributed by atoms with E-state index in [0.29, 0.717) is 25.8 Å². The van der Waals surface area contributed by atoms with E-state index in [4.69, 9.17) is 5.26 Å². The van der Waals surface area contributed by atoms with Gasteiger partial charge < -0.3 is 5.32 Å². The molecule has 0 spiro atoms. The normalized spacial score (nSPS) is 9.73. The first kappa shape index (κ1) is 13.5. The van der Waals surface area contributed by atoms with Crippen LogP contribution in [-0.2, 0) is 4.79 Å². The second-order valence-electron chi connectivity index (χ2n) is 4.31. The molecule has 0 heterocycles. The second-order valence-corrected chi connectivity index (χ2v) is 4.31. The molecule has 0 aromatic heterocycles. The Labute approximate surface area is 91.9 Å². The number of hydrogen-bond acceptors (Lipinski definition) is 2. The number of carbonyl (C=O) groups excluding carboxylic acids is 1. The lowest BCUT2D eigenvalue weighted by molar-refractivity contribution is -0.120. The van der Waals surface area contributed by atoms with Crippen LogP contribution in [0.25, 0.3) is 0 Å². The molecule has 0 unspecified atom stereocenters. The number of amides is 1. The van der Waals surface area contributed by atoms with Gasteiger partial charge in [-0.25, -0.2) is 0 Å². The lowest BCUT2D eigenvalue weighted by Gasteiger charge is -2.06. The molecule has 82 valence electrons. The van der Waals surface area contributed by atoms with Crippen LogP contribution >= 0.6 is 0 Å². The summed E-state index contributed by atoms with van der Waals surface area (Å²) in [7, 11) is 0. The lowest BCUT2D eigenvalue weighted by Crippen LogP contribution is -2.23. The fourth-order valence-corrected chi connectivity index (χ4v) is 0.850. The van der Waals surface area contributed by atoms with Crippen LogP contribution in [0.15, 0.2) is 0 Å². The van der Waals surface area contributed by atoms with E-state index >= 15 is 0 Å². The summed E-state index contributed by atoms with van der Waals surface area (Å²) in [6.07, 6.45) is 1.35. The van der Waals surface area contributed by atoms with Crippen molar-refractivity contribution >= 4 is 5.91 Å². The van der Waals surface area contributed by atoms with E-state index in [1.165, 1.54) is 0 Å². The fraction of sp³-hybridized carbons (Fsp3) is 0.667. The molecule has 1 N–H and O–H groups in total. The van der Waals surface area contributed by atoms with Gasteiger partial charge in [-0.1, -0.05) is 5.92 Å². The Morgan fingerprint density at radius 1 is 1.33 bits per heavy atom. The third-order valence-corrected chi connectivity index (χ3v) is 1.50. The highest BCUT2D eigenvalue weighted by Gasteiger charge is 2.03. The van der Waals surface area contributed by atoms with Gasteiger partial charge >= 0.3 is 0 Å². The number of rotatable bonds is 4. The first-order chi connectivity index (χ1) is 6.95. The van der Waals surface area contributed by atoms with Gasteiger partial charge in [0, 0.05) is 24.8 Å². The van der Waals surface area contributed by atoms with Crippen molar-refractivity contribution < 1.29 is 4.79 Å². The summed E-state index contributed by atoms with van der Waals surface area (Å²) >= 11 is 0. The molecule has 1 amide bonds. The minimum atomic E-state index is -0.0338. The highest BCUT2D eigenvalue weighted by molar-refractivity contribution is 5.76. The quantitative estimate of drug-likeness (QED) is 0.563. The zero-order valence-corrected chi connectivity index (χ0v) is 9.68. The van der Waals surface area contributed by atoms with Crippen molar-refractivity contribution in [3.05, 3.63) is 0 Å². The van der Waals surface area contributed by atoms with Crippen LogP contribution in [0.5, 0.6) is 0 Å². The molecule has 0 bridgehead atoms. The van der Waals surface area contributed by atoms with Crippen molar-refractivity contribution in [3.8, 4) is 17.9 Å². The summed E-state index contributed by atoms with van der Waals surface area (Å²) in [5.74, 6) is 6.00. The molecule has 0 aromatic carbocycles. The van der Waals surface area contributed by atoms with Crippen LogP contribution in [0.4, 0.5) is 0 Å². The molecular formula is C12H18N2O. The molecule has 3 heteroatoms. The van der Waals surface area contributed by atoms with Crippen molar-refractivity contribution in [1.29, 1.82) is 5.26 Å². The Hall–Kier alpha value is -1.48. The number of carbonyl (C=O) groups is 1. The number of hydrogen-bond donors (Lipinski definition) is 1. The maximum atomic E-state index is 11.2. The average Bonchev–Trinajstić information content (AvgIpc) is 2.11. The Morgan fingerprint density at radius 2 is 2.00 bits per heavy atom. The molecule has 0 aliphatic rings. The van der Waals surface area contributed by atoms with Gasteiger partial charge in [-0.15, -0.1) is 5.92 Å². The Kier molecular flexibility index (Phi) is 6.22. The van der Waals surface area contributed by atoms with Crippen LogP contribution in [-0.4, -0.2) is 12.5 Å². The lowest BCUT2D eigenvalue weighted by atomic mass is 9.98. The highest BCUT2D eigenvalue weighted by Crippen LogP contribution is 2.09. The number of nitrogens with one attached hydrogen (secondary N) is 1. The third-order valence-electron chi connectivity index (χ3n) is 1.50. The predicted octanol–water partition coefficient (Wildman–Crippen LogP) is 1.85. The largest absolute Gasteiger partial charge is 0.355 e. The maximum Gasteiger partial charge on any atom is 0.220 e. The van der Waals surface area contributed by atoms with Gasteiger partial charge in [0.05, 0.1) is 12.5 Å². The van der Waals surface area contributed by atoms with Crippen LogP contribution in [0.3, 0.4) is 0 Å². The van der Waals surface area contributed by atoms with Gasteiger partial charge in [-0.05, 0) is 20.8 Å². The molecule has 0 saturated carbocycles. The molecule has 0 aromatic rings. The predicted molar refractivity (Wildman–Crippen MR) is 59.7 cm³/mol. The summed E-state index contributed by atoms with van der Waals surface area (Å²) in [5.41, 5.74) is -0.00269. The molecule has 0 aliphatic carbocycles. The SMILES string of the molecule is CC(C)(C)C#CCCC(=O)NCCC#N. The Morgan fingerprint density at radius 3 is 2.53 bits per heavy atom. The molecule has 0 fully saturated rings. The zero-order valence-electron chi connectivity index (χ0n) is 9.68. The molecule has 3 nitrogen and oxygen atoms in total. The average molecular weight is 206 g/mol. The summed E-state index contributed by atoms with van der Waals surface area (Å²) in [5, 5.41) is 10.9. The van der Waals surface area contributed by atoms with Crippen molar-refractivity contribution in [3.63, 3.8) is 0 Å². The smallest absolute Gasteiger partial charge is 0.220 e. The Balaban J connectivity index is 3.63. The Bertz CT molecular complexity index is 296. The molecule has 15 heavy (non-hydrogen) atoms. The van der Waals surface area contributed by atoms with Gasteiger partial charge in [-0.2, -0.15) is 5.26 Å². The minimum absolute atomic E-state index is 0.00269. The topological polar surface area (TPSA) is 52.9 Å². The van der Waals surface area contributed by atoms with Crippen LogP contribution in [0.1, 0.15) is 40.0 Å². The third kappa shape index (κ3) is 10.4. The van der Waals surface area contributed by atoms with E-state index in [2.05, 4.69) is 17.2 Å². The second kappa shape index (κ2) is 6.90. The van der Waals surface area contributed by atoms with E-state index in [1.54, 1.807) is 0 Å². The van der Waals surface area contributed by atoms with Crippen molar-refractivity contribution in [2.75, 3.05) is 6.54 Å². The molecule has 0 rings (SSSR count). The van der Waals surface area contributed by atoms with E-state index in [0.717, 1.165) is 0 Å². The minimum Gasteiger partial charge on any atom is -0.355 e. The van der Waals surface area contributed by atoms with E-state index in [1.807, 2.05) is 26.8 Å². The summed E-state index contributed by atoms with van der Waals surface area (Å²) in [4.78, 5) is 11.2. The number of nitrogens with zero attached hydrogens (tertiary/aromatic N) is 1. The summed E-state index contributed by atoms with van der Waals surface area (Å²) in [6, 6.07) is 1.97. The number of nitriles is 1.